The highest BCUT2D eigenvalue weighted by atomic mass is 35.5. The van der Waals surface area contributed by atoms with Gasteiger partial charge in [0.25, 0.3) is 0 Å². The second-order valence-corrected chi connectivity index (χ2v) is 4.48. The number of hydrogen-bond donors (Lipinski definition) is 1. The van der Waals surface area contributed by atoms with Crippen molar-refractivity contribution in [3.05, 3.63) is 40.0 Å². The molecular weight excluding hydrogens is 318 g/mol. The standard InChI is InChI=1S/C11H6Cl2F3N3O/c12-5-3-7(17)8(4-6(5)13)20-10-2-1-9(18-19-10)11(14,15)16/h1-4H,17H2. The second kappa shape index (κ2) is 5.34. The Balaban J connectivity index is 2.25. The highest BCUT2D eigenvalue weighted by molar-refractivity contribution is 6.42. The van der Waals surface area contributed by atoms with Crippen molar-refractivity contribution < 1.29 is 17.9 Å². The Morgan fingerprint density at radius 2 is 1.70 bits per heavy atom. The van der Waals surface area contributed by atoms with Crippen molar-refractivity contribution in [1.82, 2.24) is 10.2 Å². The Morgan fingerprint density at radius 1 is 1.05 bits per heavy atom. The quantitative estimate of drug-likeness (QED) is 0.842. The van der Waals surface area contributed by atoms with Crippen LogP contribution in [0.5, 0.6) is 11.6 Å². The van der Waals surface area contributed by atoms with Gasteiger partial charge in [-0.1, -0.05) is 23.2 Å². The van der Waals surface area contributed by atoms with Crippen LogP contribution in [-0.2, 0) is 6.18 Å². The largest absolute Gasteiger partial charge is 0.435 e. The minimum atomic E-state index is -4.56. The summed E-state index contributed by atoms with van der Waals surface area (Å²) in [6.45, 7) is 0. The average Bonchev–Trinajstić information content (AvgIpc) is 2.35. The summed E-state index contributed by atoms with van der Waals surface area (Å²) < 4.78 is 42.1. The van der Waals surface area contributed by atoms with Crippen molar-refractivity contribution >= 4 is 28.9 Å². The third-order valence-corrected chi connectivity index (χ3v) is 2.92. The molecule has 0 aliphatic carbocycles. The molecule has 2 aromatic rings. The van der Waals surface area contributed by atoms with Crippen molar-refractivity contribution in [2.24, 2.45) is 0 Å². The Kier molecular flexibility index (Phi) is 3.92. The van der Waals surface area contributed by atoms with E-state index in [0.717, 1.165) is 12.1 Å². The summed E-state index contributed by atoms with van der Waals surface area (Å²) >= 11 is 11.5. The molecule has 106 valence electrons. The smallest absolute Gasteiger partial charge is 0.435 e. The molecule has 20 heavy (non-hydrogen) atoms. The van der Waals surface area contributed by atoms with Gasteiger partial charge in [0.05, 0.1) is 15.7 Å². The number of rotatable bonds is 2. The van der Waals surface area contributed by atoms with E-state index in [-0.39, 0.29) is 27.4 Å². The lowest BCUT2D eigenvalue weighted by Gasteiger charge is -2.09. The predicted octanol–water partition coefficient (Wildman–Crippen LogP) is 4.18. The summed E-state index contributed by atoms with van der Waals surface area (Å²) in [6, 6.07) is 4.46. The molecule has 0 atom stereocenters. The first-order chi connectivity index (χ1) is 9.27. The minimum absolute atomic E-state index is 0.119. The number of anilines is 1. The van der Waals surface area contributed by atoms with Crippen LogP contribution in [0, 0.1) is 0 Å². The third-order valence-electron chi connectivity index (χ3n) is 2.20. The molecule has 1 heterocycles. The monoisotopic (exact) mass is 323 g/mol. The predicted molar refractivity (Wildman–Crippen MR) is 68.0 cm³/mol. The molecule has 0 radical (unpaired) electrons. The first kappa shape index (κ1) is 14.7. The maximum absolute atomic E-state index is 12.3. The lowest BCUT2D eigenvalue weighted by molar-refractivity contribution is -0.141. The summed E-state index contributed by atoms with van der Waals surface area (Å²) in [5.74, 6) is -0.0310. The van der Waals surface area contributed by atoms with Gasteiger partial charge in [0.1, 0.15) is 0 Å². The van der Waals surface area contributed by atoms with E-state index in [9.17, 15) is 13.2 Å². The fourth-order valence-corrected chi connectivity index (χ4v) is 1.60. The highest BCUT2D eigenvalue weighted by Gasteiger charge is 2.33. The normalized spacial score (nSPS) is 11.4. The van der Waals surface area contributed by atoms with E-state index in [4.69, 9.17) is 33.7 Å². The summed E-state index contributed by atoms with van der Waals surface area (Å²) in [4.78, 5) is 0. The summed E-state index contributed by atoms with van der Waals surface area (Å²) in [5.41, 5.74) is 4.69. The van der Waals surface area contributed by atoms with E-state index in [0.29, 0.717) is 0 Å². The van der Waals surface area contributed by atoms with Crippen LogP contribution in [0.1, 0.15) is 5.69 Å². The van der Waals surface area contributed by atoms with E-state index >= 15 is 0 Å². The van der Waals surface area contributed by atoms with Crippen molar-refractivity contribution in [2.45, 2.75) is 6.18 Å². The van der Waals surface area contributed by atoms with Gasteiger partial charge in [-0.15, -0.1) is 10.2 Å². The molecule has 1 aromatic carbocycles. The molecule has 1 aromatic heterocycles. The number of alkyl halides is 3. The van der Waals surface area contributed by atoms with Gasteiger partial charge in [-0.3, -0.25) is 0 Å². The molecule has 0 aliphatic heterocycles. The van der Waals surface area contributed by atoms with Crippen LogP contribution >= 0.6 is 23.2 Å². The molecule has 0 unspecified atom stereocenters. The SMILES string of the molecule is Nc1cc(Cl)c(Cl)cc1Oc1ccc(C(F)(F)F)nn1. The first-order valence-electron chi connectivity index (χ1n) is 5.10. The van der Waals surface area contributed by atoms with E-state index in [1.165, 1.54) is 12.1 Å². The van der Waals surface area contributed by atoms with Crippen LogP contribution in [-0.4, -0.2) is 10.2 Å². The van der Waals surface area contributed by atoms with Gasteiger partial charge in [0.2, 0.25) is 5.88 Å². The molecule has 0 saturated carbocycles. The zero-order chi connectivity index (χ0) is 14.9. The molecule has 0 saturated heterocycles. The van der Waals surface area contributed by atoms with Crippen molar-refractivity contribution in [3.63, 3.8) is 0 Å². The fourth-order valence-electron chi connectivity index (χ4n) is 1.27. The summed E-state index contributed by atoms with van der Waals surface area (Å²) in [5, 5.41) is 6.75. The number of nitrogens with two attached hydrogens (primary N) is 1. The first-order valence-corrected chi connectivity index (χ1v) is 5.86. The summed E-state index contributed by atoms with van der Waals surface area (Å²) in [6.07, 6.45) is -4.56. The molecule has 0 fully saturated rings. The van der Waals surface area contributed by atoms with Crippen LogP contribution in [0.15, 0.2) is 24.3 Å². The molecule has 2 rings (SSSR count). The van der Waals surface area contributed by atoms with Gasteiger partial charge in [-0.25, -0.2) is 0 Å². The lowest BCUT2D eigenvalue weighted by atomic mass is 10.3. The van der Waals surface area contributed by atoms with Crippen LogP contribution in [0.2, 0.25) is 10.0 Å². The third kappa shape index (κ3) is 3.23. The maximum Gasteiger partial charge on any atom is 0.435 e. The van der Waals surface area contributed by atoms with Gasteiger partial charge in [-0.2, -0.15) is 13.2 Å². The Hall–Kier alpha value is -1.73. The van der Waals surface area contributed by atoms with E-state index in [2.05, 4.69) is 10.2 Å². The minimum Gasteiger partial charge on any atom is -0.435 e. The van der Waals surface area contributed by atoms with Gasteiger partial charge in [0, 0.05) is 12.1 Å². The number of nitrogens with zero attached hydrogens (tertiary/aromatic N) is 2. The van der Waals surface area contributed by atoms with Gasteiger partial charge < -0.3 is 10.5 Å². The maximum atomic E-state index is 12.3. The van der Waals surface area contributed by atoms with Crippen LogP contribution in [0.4, 0.5) is 18.9 Å². The fraction of sp³-hybridized carbons (Fsp3) is 0.0909. The molecule has 0 spiro atoms. The Labute approximate surface area is 121 Å². The molecule has 2 N–H and O–H groups in total. The number of hydrogen-bond acceptors (Lipinski definition) is 4. The number of ether oxygens (including phenoxy) is 1. The van der Waals surface area contributed by atoms with Crippen molar-refractivity contribution in [1.29, 1.82) is 0 Å². The zero-order valence-corrected chi connectivity index (χ0v) is 11.1. The summed E-state index contributed by atoms with van der Waals surface area (Å²) in [7, 11) is 0. The topological polar surface area (TPSA) is 61.0 Å². The molecule has 4 nitrogen and oxygen atoms in total. The molecule has 9 heteroatoms. The van der Waals surface area contributed by atoms with Crippen LogP contribution in [0.3, 0.4) is 0 Å². The Morgan fingerprint density at radius 3 is 2.25 bits per heavy atom. The number of aromatic nitrogens is 2. The van der Waals surface area contributed by atoms with Gasteiger partial charge >= 0.3 is 6.18 Å². The van der Waals surface area contributed by atoms with E-state index in [1.807, 2.05) is 0 Å². The highest BCUT2D eigenvalue weighted by Crippen LogP contribution is 2.35. The molecule has 0 bridgehead atoms. The number of nitrogen functional groups attached to an aromatic ring is 1. The van der Waals surface area contributed by atoms with Crippen molar-refractivity contribution in [2.75, 3.05) is 5.73 Å². The van der Waals surface area contributed by atoms with Crippen LogP contribution in [0.25, 0.3) is 0 Å². The number of halogens is 5. The van der Waals surface area contributed by atoms with E-state index < -0.39 is 11.9 Å². The van der Waals surface area contributed by atoms with Crippen molar-refractivity contribution in [3.8, 4) is 11.6 Å². The molecular formula is C11H6Cl2F3N3O. The van der Waals surface area contributed by atoms with Crippen LogP contribution < -0.4 is 10.5 Å². The number of benzene rings is 1. The second-order valence-electron chi connectivity index (χ2n) is 3.66. The van der Waals surface area contributed by atoms with Gasteiger partial charge in [-0.05, 0) is 12.1 Å². The van der Waals surface area contributed by atoms with Gasteiger partial charge in [0.15, 0.2) is 11.4 Å². The zero-order valence-electron chi connectivity index (χ0n) is 9.58. The molecule has 0 aliphatic rings. The average molecular weight is 324 g/mol. The molecule has 0 amide bonds. The van der Waals surface area contributed by atoms with E-state index in [1.54, 1.807) is 0 Å². The Bertz CT molecular complexity index is 632. The lowest BCUT2D eigenvalue weighted by Crippen LogP contribution is -2.09.